The molecule has 0 saturated heterocycles. The van der Waals surface area contributed by atoms with Gasteiger partial charge in [-0.15, -0.1) is 0 Å². The van der Waals surface area contributed by atoms with E-state index in [2.05, 4.69) is 15.0 Å². The van der Waals surface area contributed by atoms with Crippen LogP contribution in [0.25, 0.3) is 22.7 Å². The van der Waals surface area contributed by atoms with Crippen molar-refractivity contribution in [1.82, 2.24) is 15.0 Å². The molecule has 0 N–H and O–H groups in total. The minimum absolute atomic E-state index is 0.0935. The summed E-state index contributed by atoms with van der Waals surface area (Å²) in [4.78, 5) is 12.0. The first-order valence-corrected chi connectivity index (χ1v) is 5.70. The maximum atomic E-state index is 12.9. The van der Waals surface area contributed by atoms with E-state index in [1.807, 2.05) is 6.07 Å². The first kappa shape index (κ1) is 12.0. The summed E-state index contributed by atoms with van der Waals surface area (Å²) in [6.45, 7) is 0. The summed E-state index contributed by atoms with van der Waals surface area (Å²) in [6.07, 6.45) is 4.46. The van der Waals surface area contributed by atoms with E-state index in [-0.39, 0.29) is 11.6 Å². The van der Waals surface area contributed by atoms with Crippen molar-refractivity contribution in [3.05, 3.63) is 54.6 Å². The summed E-state index contributed by atoms with van der Waals surface area (Å²) < 4.78 is 18.2. The summed E-state index contributed by atoms with van der Waals surface area (Å²) in [5.41, 5.74) is 1.86. The second-order valence-electron chi connectivity index (χ2n) is 3.95. The highest BCUT2D eigenvalue weighted by molar-refractivity contribution is 5.61. The predicted molar refractivity (Wildman–Crippen MR) is 67.6 cm³/mol. The fourth-order valence-electron chi connectivity index (χ4n) is 1.65. The molecule has 0 amide bonds. The standard InChI is InChI=1S/C14H7FN4O/c15-11-3-1-9(2-4-11)14-19-12(8-20-14)10-6-17-13(5-16)18-7-10/h1-4,6-8H. The molecule has 0 bridgehead atoms. The van der Waals surface area contributed by atoms with E-state index < -0.39 is 0 Å². The fraction of sp³-hybridized carbons (Fsp3) is 0. The van der Waals surface area contributed by atoms with Crippen LogP contribution in [0.15, 0.2) is 47.3 Å². The number of nitriles is 1. The van der Waals surface area contributed by atoms with Crippen molar-refractivity contribution in [2.24, 2.45) is 0 Å². The fourth-order valence-corrected chi connectivity index (χ4v) is 1.65. The van der Waals surface area contributed by atoms with Crippen molar-refractivity contribution in [2.75, 3.05) is 0 Å². The van der Waals surface area contributed by atoms with Gasteiger partial charge in [0, 0.05) is 23.5 Å². The highest BCUT2D eigenvalue weighted by Crippen LogP contribution is 2.23. The highest BCUT2D eigenvalue weighted by Gasteiger charge is 2.09. The van der Waals surface area contributed by atoms with Gasteiger partial charge in [0.1, 0.15) is 23.8 Å². The van der Waals surface area contributed by atoms with Crippen LogP contribution in [0, 0.1) is 17.1 Å². The number of halogens is 1. The lowest BCUT2D eigenvalue weighted by molar-refractivity contribution is 0.574. The van der Waals surface area contributed by atoms with Gasteiger partial charge in [0.25, 0.3) is 0 Å². The number of oxazole rings is 1. The molecule has 0 spiro atoms. The molecule has 0 saturated carbocycles. The number of hydrogen-bond donors (Lipinski definition) is 0. The number of hydrogen-bond acceptors (Lipinski definition) is 5. The second kappa shape index (κ2) is 4.90. The van der Waals surface area contributed by atoms with E-state index in [1.165, 1.54) is 30.8 Å². The van der Waals surface area contributed by atoms with Crippen LogP contribution in [0.3, 0.4) is 0 Å². The third-order valence-corrected chi connectivity index (χ3v) is 2.64. The molecule has 0 fully saturated rings. The monoisotopic (exact) mass is 266 g/mol. The van der Waals surface area contributed by atoms with E-state index in [1.54, 1.807) is 12.1 Å². The Hall–Kier alpha value is -3.07. The molecule has 0 aliphatic heterocycles. The number of rotatable bonds is 2. The Morgan fingerprint density at radius 3 is 2.40 bits per heavy atom. The Balaban J connectivity index is 1.93. The van der Waals surface area contributed by atoms with Crippen molar-refractivity contribution in [2.45, 2.75) is 0 Å². The predicted octanol–water partition coefficient (Wildman–Crippen LogP) is 2.81. The van der Waals surface area contributed by atoms with Gasteiger partial charge in [-0.1, -0.05) is 0 Å². The normalized spacial score (nSPS) is 10.2. The summed E-state index contributed by atoms with van der Waals surface area (Å²) in [7, 11) is 0. The Labute approximate surface area is 113 Å². The number of aromatic nitrogens is 3. The van der Waals surface area contributed by atoms with Gasteiger partial charge in [0.2, 0.25) is 11.7 Å². The molecule has 0 radical (unpaired) electrons. The molecule has 20 heavy (non-hydrogen) atoms. The zero-order valence-electron chi connectivity index (χ0n) is 10.1. The molecular weight excluding hydrogens is 259 g/mol. The van der Waals surface area contributed by atoms with Crippen molar-refractivity contribution in [1.29, 1.82) is 5.26 Å². The lowest BCUT2D eigenvalue weighted by atomic mass is 10.2. The lowest BCUT2D eigenvalue weighted by Crippen LogP contribution is -1.89. The molecule has 96 valence electrons. The summed E-state index contributed by atoms with van der Waals surface area (Å²) >= 11 is 0. The zero-order valence-corrected chi connectivity index (χ0v) is 10.1. The molecule has 0 aliphatic rings. The third-order valence-electron chi connectivity index (χ3n) is 2.64. The Morgan fingerprint density at radius 2 is 1.75 bits per heavy atom. The molecule has 2 heterocycles. The van der Waals surface area contributed by atoms with Crippen molar-refractivity contribution < 1.29 is 8.81 Å². The summed E-state index contributed by atoms with van der Waals surface area (Å²) in [5, 5.41) is 8.63. The van der Waals surface area contributed by atoms with Gasteiger partial charge >= 0.3 is 0 Å². The molecule has 0 aliphatic carbocycles. The van der Waals surface area contributed by atoms with E-state index in [0.717, 1.165) is 0 Å². The van der Waals surface area contributed by atoms with Gasteiger partial charge in [0.05, 0.1) is 0 Å². The molecule has 3 aromatic rings. The SMILES string of the molecule is N#Cc1ncc(-c2coc(-c3ccc(F)cc3)n2)cn1. The van der Waals surface area contributed by atoms with Crippen molar-refractivity contribution in [3.63, 3.8) is 0 Å². The Morgan fingerprint density at radius 1 is 1.05 bits per heavy atom. The van der Waals surface area contributed by atoms with Gasteiger partial charge < -0.3 is 4.42 Å². The van der Waals surface area contributed by atoms with Crippen LogP contribution in [-0.2, 0) is 0 Å². The molecule has 1 aromatic carbocycles. The van der Waals surface area contributed by atoms with Crippen molar-refractivity contribution in [3.8, 4) is 28.8 Å². The minimum Gasteiger partial charge on any atom is -0.444 e. The Bertz CT molecular complexity index is 772. The average Bonchev–Trinajstić information content (AvgIpc) is 2.98. The first-order valence-electron chi connectivity index (χ1n) is 5.70. The van der Waals surface area contributed by atoms with Crippen LogP contribution in [0.4, 0.5) is 4.39 Å². The zero-order chi connectivity index (χ0) is 13.9. The van der Waals surface area contributed by atoms with Gasteiger partial charge in [-0.25, -0.2) is 19.3 Å². The minimum atomic E-state index is -0.318. The third kappa shape index (κ3) is 2.24. The van der Waals surface area contributed by atoms with Crippen LogP contribution in [0.1, 0.15) is 5.82 Å². The first-order chi connectivity index (χ1) is 9.76. The molecule has 0 atom stereocenters. The molecule has 6 heteroatoms. The van der Waals surface area contributed by atoms with Crippen LogP contribution in [-0.4, -0.2) is 15.0 Å². The van der Waals surface area contributed by atoms with Gasteiger partial charge in [-0.2, -0.15) is 5.26 Å². The number of nitrogens with zero attached hydrogens (tertiary/aromatic N) is 4. The molecule has 0 unspecified atom stereocenters. The topological polar surface area (TPSA) is 75.6 Å². The lowest BCUT2D eigenvalue weighted by Gasteiger charge is -1.95. The molecule has 2 aromatic heterocycles. The van der Waals surface area contributed by atoms with Crippen molar-refractivity contribution >= 4 is 0 Å². The maximum Gasteiger partial charge on any atom is 0.232 e. The summed E-state index contributed by atoms with van der Waals surface area (Å²) in [6, 6.07) is 7.68. The van der Waals surface area contributed by atoms with Gasteiger partial charge in [-0.05, 0) is 24.3 Å². The summed E-state index contributed by atoms with van der Waals surface area (Å²) in [5.74, 6) is 0.154. The molecule has 5 nitrogen and oxygen atoms in total. The number of benzene rings is 1. The van der Waals surface area contributed by atoms with Crippen LogP contribution in [0.2, 0.25) is 0 Å². The Kier molecular flexibility index (Phi) is 2.94. The van der Waals surface area contributed by atoms with E-state index in [9.17, 15) is 4.39 Å². The van der Waals surface area contributed by atoms with Crippen LogP contribution >= 0.6 is 0 Å². The quantitative estimate of drug-likeness (QED) is 0.712. The highest BCUT2D eigenvalue weighted by atomic mass is 19.1. The molecular formula is C14H7FN4O. The van der Waals surface area contributed by atoms with Gasteiger partial charge in [0.15, 0.2) is 0 Å². The van der Waals surface area contributed by atoms with Gasteiger partial charge in [-0.3, -0.25) is 0 Å². The second-order valence-corrected chi connectivity index (χ2v) is 3.95. The van der Waals surface area contributed by atoms with E-state index >= 15 is 0 Å². The maximum absolute atomic E-state index is 12.9. The van der Waals surface area contributed by atoms with E-state index in [4.69, 9.17) is 9.68 Å². The smallest absolute Gasteiger partial charge is 0.232 e. The molecule has 3 rings (SSSR count). The van der Waals surface area contributed by atoms with Crippen LogP contribution < -0.4 is 0 Å². The largest absolute Gasteiger partial charge is 0.444 e. The van der Waals surface area contributed by atoms with Crippen LogP contribution in [0.5, 0.6) is 0 Å². The van der Waals surface area contributed by atoms with E-state index in [0.29, 0.717) is 22.7 Å². The average molecular weight is 266 g/mol.